The fourth-order valence-corrected chi connectivity index (χ4v) is 5.26. The number of fused-ring (bicyclic) bond motifs is 2. The molecule has 1 aliphatic heterocycles. The molecule has 34 heavy (non-hydrogen) atoms. The third-order valence-electron chi connectivity index (χ3n) is 5.81. The van der Waals surface area contributed by atoms with E-state index in [0.29, 0.717) is 5.69 Å². The number of nitrogens with zero attached hydrogens (tertiary/aromatic N) is 2. The molecule has 0 saturated heterocycles. The number of hydrogen-bond acceptors (Lipinski definition) is 4. The Bertz CT molecular complexity index is 1550. The van der Waals surface area contributed by atoms with Crippen molar-refractivity contribution in [1.29, 1.82) is 0 Å². The van der Waals surface area contributed by atoms with Crippen LogP contribution < -0.4 is 10.0 Å². The normalized spacial score (nSPS) is 16.5. The first-order valence-corrected chi connectivity index (χ1v) is 12.1. The monoisotopic (exact) mass is 478 g/mol. The predicted octanol–water partition coefficient (Wildman–Crippen LogP) is 4.92. The van der Waals surface area contributed by atoms with E-state index in [1.165, 1.54) is 12.1 Å². The van der Waals surface area contributed by atoms with Gasteiger partial charge in [-0.25, -0.2) is 26.9 Å². The standard InChI is InChI=1S/C25H20F2N4O2S/c1-15(19-8-4-5-9-20(19)26)23-21(27)10-11-22-24(23)30-25(31-34(22,32)33)29-14-18-12-16-6-2-3-7-17(16)13-28-18/h2-13,15H,14H2,1H3,(H2,29,30,31)/t15-/m1/s1. The van der Waals surface area contributed by atoms with E-state index < -0.39 is 27.6 Å². The molecule has 0 amide bonds. The van der Waals surface area contributed by atoms with Crippen LogP contribution in [0.1, 0.15) is 29.7 Å². The number of hydrogen-bond donors (Lipinski definition) is 2. The Morgan fingerprint density at radius 3 is 2.50 bits per heavy atom. The Hall–Kier alpha value is -3.85. The smallest absolute Gasteiger partial charge is 0.266 e. The van der Waals surface area contributed by atoms with E-state index in [9.17, 15) is 17.2 Å². The molecular formula is C25H20F2N4O2S. The summed E-state index contributed by atoms with van der Waals surface area (Å²) in [6, 6.07) is 17.9. The summed E-state index contributed by atoms with van der Waals surface area (Å²) in [5, 5.41) is 4.87. The summed E-state index contributed by atoms with van der Waals surface area (Å²) in [6.07, 6.45) is 1.72. The lowest BCUT2D eigenvalue weighted by molar-refractivity contribution is 0.577. The molecule has 0 bridgehead atoms. The van der Waals surface area contributed by atoms with E-state index >= 15 is 0 Å². The van der Waals surface area contributed by atoms with Gasteiger partial charge in [-0.2, -0.15) is 0 Å². The molecule has 5 rings (SSSR count). The number of benzene rings is 3. The van der Waals surface area contributed by atoms with Crippen molar-refractivity contribution in [3.8, 4) is 0 Å². The highest BCUT2D eigenvalue weighted by molar-refractivity contribution is 7.90. The van der Waals surface area contributed by atoms with Crippen LogP contribution in [0.15, 0.2) is 82.8 Å². The number of rotatable bonds is 4. The molecule has 6 nitrogen and oxygen atoms in total. The lowest BCUT2D eigenvalue weighted by Crippen LogP contribution is -2.41. The van der Waals surface area contributed by atoms with Crippen molar-refractivity contribution in [3.05, 3.63) is 101 Å². The summed E-state index contributed by atoms with van der Waals surface area (Å²) < 4.78 is 57.6. The zero-order valence-corrected chi connectivity index (χ0v) is 18.9. The van der Waals surface area contributed by atoms with E-state index in [2.05, 4.69) is 20.0 Å². The molecule has 3 aromatic carbocycles. The van der Waals surface area contributed by atoms with Gasteiger partial charge in [0.05, 0.1) is 17.9 Å². The topological polar surface area (TPSA) is 83.4 Å². The first-order chi connectivity index (χ1) is 16.3. The number of sulfonamides is 1. The molecule has 0 spiro atoms. The SMILES string of the molecule is C[C@H](c1ccccc1F)c1c(F)ccc2c1NC(=NCc1cc3ccccc3cn1)NS2(=O)=O. The number of nitrogens with one attached hydrogen (secondary N) is 2. The molecule has 0 aliphatic carbocycles. The van der Waals surface area contributed by atoms with Gasteiger partial charge in [-0.05, 0) is 35.2 Å². The summed E-state index contributed by atoms with van der Waals surface area (Å²) in [5.74, 6) is -1.95. The van der Waals surface area contributed by atoms with Crippen molar-refractivity contribution in [2.75, 3.05) is 5.32 Å². The van der Waals surface area contributed by atoms with Crippen molar-refractivity contribution in [2.24, 2.45) is 4.99 Å². The van der Waals surface area contributed by atoms with Crippen molar-refractivity contribution in [2.45, 2.75) is 24.3 Å². The fraction of sp³-hybridized carbons (Fsp3) is 0.120. The summed E-state index contributed by atoms with van der Waals surface area (Å²) in [6.45, 7) is 1.72. The van der Waals surface area contributed by atoms with Gasteiger partial charge in [0.2, 0.25) is 5.96 Å². The largest absolute Gasteiger partial charge is 0.324 e. The first-order valence-electron chi connectivity index (χ1n) is 10.6. The van der Waals surface area contributed by atoms with Crippen LogP contribution >= 0.6 is 0 Å². The van der Waals surface area contributed by atoms with Crippen LogP contribution in [0.2, 0.25) is 0 Å². The average Bonchev–Trinajstić information content (AvgIpc) is 2.82. The second-order valence-corrected chi connectivity index (χ2v) is 9.65. The Morgan fingerprint density at radius 2 is 1.71 bits per heavy atom. The van der Waals surface area contributed by atoms with E-state index in [1.807, 2.05) is 30.3 Å². The van der Waals surface area contributed by atoms with Crippen molar-refractivity contribution in [3.63, 3.8) is 0 Å². The number of halogens is 2. The van der Waals surface area contributed by atoms with Crippen molar-refractivity contribution >= 4 is 32.4 Å². The Kier molecular flexibility index (Phi) is 5.49. The predicted molar refractivity (Wildman–Crippen MR) is 127 cm³/mol. The Morgan fingerprint density at radius 1 is 0.971 bits per heavy atom. The van der Waals surface area contributed by atoms with Crippen LogP contribution in [0.4, 0.5) is 14.5 Å². The molecule has 172 valence electrons. The number of aliphatic imine (C=N–C) groups is 1. The van der Waals surface area contributed by atoms with Gasteiger partial charge in [0.25, 0.3) is 10.0 Å². The fourth-order valence-electron chi connectivity index (χ4n) is 4.11. The van der Waals surface area contributed by atoms with Crippen LogP contribution in [0.5, 0.6) is 0 Å². The number of pyridine rings is 1. The number of guanidine groups is 1. The van der Waals surface area contributed by atoms with Gasteiger partial charge in [0.15, 0.2) is 0 Å². The van der Waals surface area contributed by atoms with Crippen LogP contribution in [0.3, 0.4) is 0 Å². The van der Waals surface area contributed by atoms with Crippen LogP contribution in [-0.2, 0) is 16.6 Å². The second-order valence-electron chi connectivity index (χ2n) is 8.00. The second kappa shape index (κ2) is 8.49. The summed E-state index contributed by atoms with van der Waals surface area (Å²) in [7, 11) is -4.02. The molecule has 0 fully saturated rings. The third kappa shape index (κ3) is 3.99. The molecule has 1 atom stereocenters. The van der Waals surface area contributed by atoms with Crippen LogP contribution in [0, 0.1) is 11.6 Å². The zero-order chi connectivity index (χ0) is 23.9. The van der Waals surface area contributed by atoms with Gasteiger partial charge in [0, 0.05) is 23.1 Å². The van der Waals surface area contributed by atoms with Crippen LogP contribution in [-0.4, -0.2) is 19.4 Å². The highest BCUT2D eigenvalue weighted by Crippen LogP contribution is 2.38. The lowest BCUT2D eigenvalue weighted by atomic mass is 9.91. The summed E-state index contributed by atoms with van der Waals surface area (Å²) in [4.78, 5) is 8.57. The molecule has 1 aliphatic rings. The Labute approximate surface area is 195 Å². The van der Waals surface area contributed by atoms with Gasteiger partial charge in [-0.3, -0.25) is 4.98 Å². The van der Waals surface area contributed by atoms with E-state index in [1.54, 1.807) is 31.3 Å². The van der Waals surface area contributed by atoms with Gasteiger partial charge >= 0.3 is 0 Å². The van der Waals surface area contributed by atoms with Crippen molar-refractivity contribution < 1.29 is 17.2 Å². The highest BCUT2D eigenvalue weighted by Gasteiger charge is 2.32. The van der Waals surface area contributed by atoms with E-state index in [-0.39, 0.29) is 34.2 Å². The van der Waals surface area contributed by atoms with E-state index in [0.717, 1.165) is 16.8 Å². The number of anilines is 1. The van der Waals surface area contributed by atoms with Crippen LogP contribution in [0.25, 0.3) is 10.8 Å². The minimum atomic E-state index is -4.02. The highest BCUT2D eigenvalue weighted by atomic mass is 32.2. The minimum Gasteiger partial charge on any atom is -0.324 e. The molecular weight excluding hydrogens is 458 g/mol. The molecule has 0 unspecified atom stereocenters. The van der Waals surface area contributed by atoms with E-state index in [4.69, 9.17) is 0 Å². The average molecular weight is 479 g/mol. The maximum atomic E-state index is 15.0. The number of aromatic nitrogens is 1. The zero-order valence-electron chi connectivity index (χ0n) is 18.1. The van der Waals surface area contributed by atoms with Gasteiger partial charge in [0.1, 0.15) is 16.5 Å². The minimum absolute atomic E-state index is 0.0414. The van der Waals surface area contributed by atoms with Crippen molar-refractivity contribution in [1.82, 2.24) is 9.71 Å². The maximum Gasteiger partial charge on any atom is 0.266 e. The first kappa shape index (κ1) is 22.0. The Balaban J connectivity index is 1.53. The molecule has 0 saturated carbocycles. The molecule has 4 aromatic rings. The summed E-state index contributed by atoms with van der Waals surface area (Å²) in [5.41, 5.74) is 0.979. The van der Waals surface area contributed by atoms with Gasteiger partial charge in [-0.15, -0.1) is 0 Å². The molecule has 0 radical (unpaired) electrons. The third-order valence-corrected chi connectivity index (χ3v) is 7.19. The molecule has 2 heterocycles. The summed E-state index contributed by atoms with van der Waals surface area (Å²) >= 11 is 0. The van der Waals surface area contributed by atoms with Gasteiger partial charge in [-0.1, -0.05) is 49.4 Å². The quantitative estimate of drug-likeness (QED) is 0.436. The molecule has 1 aromatic heterocycles. The lowest BCUT2D eigenvalue weighted by Gasteiger charge is -2.26. The maximum absolute atomic E-state index is 15.0. The molecule has 9 heteroatoms. The molecule has 2 N–H and O–H groups in total. The van der Waals surface area contributed by atoms with Gasteiger partial charge < -0.3 is 5.32 Å².